The van der Waals surface area contributed by atoms with Crippen LogP contribution in [0, 0.1) is 0 Å². The van der Waals surface area contributed by atoms with Gasteiger partial charge in [-0.25, -0.2) is 4.98 Å². The number of nitrogens with two attached hydrogens (primary N) is 1. The van der Waals surface area contributed by atoms with Gasteiger partial charge >= 0.3 is 0 Å². The number of hydrogen-bond donors (Lipinski definition) is 1. The highest BCUT2D eigenvalue weighted by Gasteiger charge is 2.05. The van der Waals surface area contributed by atoms with Crippen LogP contribution in [0.3, 0.4) is 0 Å². The first-order valence-electron chi connectivity index (χ1n) is 5.23. The largest absolute Gasteiger partial charge is 0.384 e. The van der Waals surface area contributed by atoms with Crippen molar-refractivity contribution in [1.29, 1.82) is 0 Å². The van der Waals surface area contributed by atoms with Gasteiger partial charge in [-0.1, -0.05) is 24.9 Å². The van der Waals surface area contributed by atoms with Crippen LogP contribution in [-0.2, 0) is 6.54 Å². The Morgan fingerprint density at radius 2 is 2.20 bits per heavy atom. The molecule has 15 heavy (non-hydrogen) atoms. The lowest BCUT2D eigenvalue weighted by atomic mass is 10.3. The van der Waals surface area contributed by atoms with Crippen molar-refractivity contribution in [2.75, 3.05) is 19.3 Å². The fourth-order valence-corrected chi connectivity index (χ4v) is 1.54. The van der Waals surface area contributed by atoms with Crippen molar-refractivity contribution in [2.24, 2.45) is 0 Å². The summed E-state index contributed by atoms with van der Waals surface area (Å²) in [5, 5.41) is 0.688. The second-order valence-corrected chi connectivity index (χ2v) is 4.16. The van der Waals surface area contributed by atoms with Crippen molar-refractivity contribution in [3.05, 3.63) is 22.8 Å². The van der Waals surface area contributed by atoms with E-state index in [1.165, 1.54) is 12.8 Å². The maximum Gasteiger partial charge on any atom is 0.123 e. The number of anilines is 1. The molecular weight excluding hydrogens is 210 g/mol. The van der Waals surface area contributed by atoms with Gasteiger partial charge in [0.05, 0.1) is 10.7 Å². The highest BCUT2D eigenvalue weighted by atomic mass is 35.5. The normalized spacial score (nSPS) is 10.9. The van der Waals surface area contributed by atoms with Crippen molar-refractivity contribution in [3.8, 4) is 0 Å². The van der Waals surface area contributed by atoms with Crippen LogP contribution in [0.1, 0.15) is 25.5 Å². The zero-order valence-electron chi connectivity index (χ0n) is 9.33. The van der Waals surface area contributed by atoms with Crippen molar-refractivity contribution >= 4 is 17.4 Å². The molecule has 0 fully saturated rings. The first kappa shape index (κ1) is 12.3. The summed E-state index contributed by atoms with van der Waals surface area (Å²) in [6.45, 7) is 3.99. The van der Waals surface area contributed by atoms with Gasteiger partial charge in [0, 0.05) is 6.54 Å². The van der Waals surface area contributed by atoms with Gasteiger partial charge in [-0.3, -0.25) is 0 Å². The van der Waals surface area contributed by atoms with E-state index in [1.54, 1.807) is 12.1 Å². The molecule has 0 saturated carbocycles. The van der Waals surface area contributed by atoms with Crippen LogP contribution in [0.25, 0.3) is 0 Å². The SMILES string of the molecule is CCCCN(C)Cc1nc(N)ccc1Cl. The summed E-state index contributed by atoms with van der Waals surface area (Å²) in [5.74, 6) is 0.526. The van der Waals surface area contributed by atoms with Gasteiger partial charge in [0.2, 0.25) is 0 Å². The van der Waals surface area contributed by atoms with E-state index in [2.05, 4.69) is 23.9 Å². The Morgan fingerprint density at radius 3 is 2.87 bits per heavy atom. The minimum absolute atomic E-state index is 0.526. The van der Waals surface area contributed by atoms with Crippen LogP contribution < -0.4 is 5.73 Å². The minimum atomic E-state index is 0.526. The molecule has 3 nitrogen and oxygen atoms in total. The van der Waals surface area contributed by atoms with Crippen LogP contribution >= 0.6 is 11.6 Å². The Bertz CT molecular complexity index is 315. The second-order valence-electron chi connectivity index (χ2n) is 3.76. The van der Waals surface area contributed by atoms with Crippen LogP contribution in [0.15, 0.2) is 12.1 Å². The van der Waals surface area contributed by atoms with Gasteiger partial charge < -0.3 is 10.6 Å². The maximum absolute atomic E-state index is 6.03. The number of nitrogen functional groups attached to an aromatic ring is 1. The molecule has 0 spiro atoms. The van der Waals surface area contributed by atoms with E-state index in [9.17, 15) is 0 Å². The smallest absolute Gasteiger partial charge is 0.123 e. The molecule has 0 bridgehead atoms. The molecular formula is C11H18ClN3. The predicted molar refractivity (Wildman–Crippen MR) is 64.9 cm³/mol. The number of unbranched alkanes of at least 4 members (excludes halogenated alkanes) is 1. The van der Waals surface area contributed by atoms with Crippen LogP contribution in [0.5, 0.6) is 0 Å². The van der Waals surface area contributed by atoms with E-state index in [0.717, 1.165) is 18.8 Å². The summed E-state index contributed by atoms with van der Waals surface area (Å²) in [7, 11) is 2.07. The number of pyridine rings is 1. The van der Waals surface area contributed by atoms with Crippen LogP contribution in [0.2, 0.25) is 5.02 Å². The summed E-state index contributed by atoms with van der Waals surface area (Å²) in [6.07, 6.45) is 2.39. The lowest BCUT2D eigenvalue weighted by Gasteiger charge is -2.16. The Balaban J connectivity index is 2.59. The Kier molecular flexibility index (Phi) is 4.85. The van der Waals surface area contributed by atoms with Crippen LogP contribution in [0.4, 0.5) is 5.82 Å². The molecule has 0 aliphatic heterocycles. The number of rotatable bonds is 5. The summed E-state index contributed by atoms with van der Waals surface area (Å²) in [6, 6.07) is 3.52. The summed E-state index contributed by atoms with van der Waals surface area (Å²) in [5.41, 5.74) is 6.47. The predicted octanol–water partition coefficient (Wildman–Crippen LogP) is 2.55. The third-order valence-electron chi connectivity index (χ3n) is 2.25. The van der Waals surface area contributed by atoms with Crippen molar-refractivity contribution in [2.45, 2.75) is 26.3 Å². The van der Waals surface area contributed by atoms with Crippen molar-refractivity contribution in [1.82, 2.24) is 9.88 Å². The number of aromatic nitrogens is 1. The average Bonchev–Trinajstić information content (AvgIpc) is 2.20. The molecule has 4 heteroatoms. The Labute approximate surface area is 96.2 Å². The van der Waals surface area contributed by atoms with E-state index in [4.69, 9.17) is 17.3 Å². The lowest BCUT2D eigenvalue weighted by molar-refractivity contribution is 0.317. The summed E-state index contributed by atoms with van der Waals surface area (Å²) in [4.78, 5) is 6.43. The van der Waals surface area contributed by atoms with Gasteiger partial charge in [0.25, 0.3) is 0 Å². The third-order valence-corrected chi connectivity index (χ3v) is 2.60. The minimum Gasteiger partial charge on any atom is -0.384 e. The first-order valence-corrected chi connectivity index (χ1v) is 5.60. The average molecular weight is 228 g/mol. The molecule has 0 aliphatic carbocycles. The molecule has 0 saturated heterocycles. The zero-order valence-corrected chi connectivity index (χ0v) is 10.1. The van der Waals surface area contributed by atoms with Crippen LogP contribution in [-0.4, -0.2) is 23.5 Å². The third kappa shape index (κ3) is 4.06. The molecule has 1 aromatic rings. The van der Waals surface area contributed by atoms with Gasteiger partial charge in [-0.15, -0.1) is 0 Å². The van der Waals surface area contributed by atoms with E-state index in [-0.39, 0.29) is 0 Å². The fourth-order valence-electron chi connectivity index (χ4n) is 1.37. The zero-order chi connectivity index (χ0) is 11.3. The van der Waals surface area contributed by atoms with Gasteiger partial charge in [-0.2, -0.15) is 0 Å². The number of nitrogens with zero attached hydrogens (tertiary/aromatic N) is 2. The highest BCUT2D eigenvalue weighted by Crippen LogP contribution is 2.16. The first-order chi connectivity index (χ1) is 7.13. The van der Waals surface area contributed by atoms with E-state index >= 15 is 0 Å². The summed E-state index contributed by atoms with van der Waals surface area (Å²) >= 11 is 6.03. The van der Waals surface area contributed by atoms with E-state index in [1.807, 2.05) is 0 Å². The Hall–Kier alpha value is -0.800. The molecule has 0 aromatic carbocycles. The lowest BCUT2D eigenvalue weighted by Crippen LogP contribution is -2.20. The molecule has 1 heterocycles. The standard InChI is InChI=1S/C11H18ClN3/c1-3-4-7-15(2)8-10-9(12)5-6-11(13)14-10/h5-6H,3-4,7-8H2,1-2H3,(H2,13,14). The molecule has 84 valence electrons. The molecule has 1 aromatic heterocycles. The topological polar surface area (TPSA) is 42.2 Å². The van der Waals surface area contributed by atoms with Gasteiger partial charge in [-0.05, 0) is 32.1 Å². The highest BCUT2D eigenvalue weighted by molar-refractivity contribution is 6.31. The molecule has 0 radical (unpaired) electrons. The van der Waals surface area contributed by atoms with E-state index in [0.29, 0.717) is 10.8 Å². The van der Waals surface area contributed by atoms with Crippen molar-refractivity contribution < 1.29 is 0 Å². The number of hydrogen-bond acceptors (Lipinski definition) is 3. The molecule has 2 N–H and O–H groups in total. The molecule has 0 atom stereocenters. The molecule has 0 amide bonds. The van der Waals surface area contributed by atoms with Gasteiger partial charge in [0.15, 0.2) is 0 Å². The monoisotopic (exact) mass is 227 g/mol. The summed E-state index contributed by atoms with van der Waals surface area (Å²) < 4.78 is 0. The Morgan fingerprint density at radius 1 is 1.47 bits per heavy atom. The second kappa shape index (κ2) is 5.93. The molecule has 0 unspecified atom stereocenters. The fraction of sp³-hybridized carbons (Fsp3) is 0.545. The molecule has 0 aliphatic rings. The quantitative estimate of drug-likeness (QED) is 0.841. The maximum atomic E-state index is 6.03. The van der Waals surface area contributed by atoms with Gasteiger partial charge in [0.1, 0.15) is 5.82 Å². The van der Waals surface area contributed by atoms with E-state index < -0.39 is 0 Å². The number of halogens is 1. The molecule has 1 rings (SSSR count). The van der Waals surface area contributed by atoms with Crippen molar-refractivity contribution in [3.63, 3.8) is 0 Å².